The Kier molecular flexibility index (Phi) is 2.67. The van der Waals surface area contributed by atoms with Gasteiger partial charge in [0.05, 0.1) is 0 Å². The smallest absolute Gasteiger partial charge is 0.303 e. The lowest BCUT2D eigenvalue weighted by atomic mass is 9.63. The van der Waals surface area contributed by atoms with Crippen molar-refractivity contribution in [3.8, 4) is 0 Å². The van der Waals surface area contributed by atoms with E-state index in [4.69, 9.17) is 4.74 Å². The number of hydrogen-bond donors (Lipinski definition) is 0. The first-order chi connectivity index (χ1) is 8.73. The van der Waals surface area contributed by atoms with Crippen LogP contribution < -0.4 is 0 Å². The number of rotatable bonds is 1. The molecule has 3 aliphatic rings. The van der Waals surface area contributed by atoms with Crippen LogP contribution in [0.5, 0.6) is 0 Å². The Labute approximate surface area is 117 Å². The number of ether oxygens (including phenoxy) is 1. The van der Waals surface area contributed by atoms with Gasteiger partial charge in [-0.05, 0) is 62.2 Å². The second kappa shape index (κ2) is 3.77. The first-order valence-electron chi connectivity index (χ1n) is 7.92. The van der Waals surface area contributed by atoms with Crippen LogP contribution in [0.3, 0.4) is 0 Å². The molecule has 1 spiro atoms. The summed E-state index contributed by atoms with van der Waals surface area (Å²) in [6.07, 6.45) is 6.13. The summed E-state index contributed by atoms with van der Waals surface area (Å²) < 4.78 is 5.88. The molecule has 0 amide bonds. The fourth-order valence-corrected chi connectivity index (χ4v) is 6.30. The SMILES string of the molecule is CC(=O)O[C@@]1(C)CC[C@H]2C(C)(C)[C@H]3C[C@]21CC[C@H]3C. The standard InChI is InChI=1S/C17H28O2/c1-11-6-9-17-10-13(11)15(3,4)14(17)7-8-16(17,5)19-12(2)18/h11,13-14H,6-10H2,1-5H3/t11-,13+,14+,16+,17-/m1/s1. The highest BCUT2D eigenvalue weighted by Crippen LogP contribution is 2.74. The van der Waals surface area contributed by atoms with Crippen molar-refractivity contribution in [2.24, 2.45) is 28.6 Å². The molecule has 0 aromatic carbocycles. The summed E-state index contributed by atoms with van der Waals surface area (Å²) in [4.78, 5) is 11.6. The van der Waals surface area contributed by atoms with Crippen LogP contribution in [0.15, 0.2) is 0 Å². The minimum Gasteiger partial charge on any atom is -0.459 e. The van der Waals surface area contributed by atoms with Gasteiger partial charge in [0.15, 0.2) is 0 Å². The number of carbonyl (C=O) groups is 1. The number of carbonyl (C=O) groups excluding carboxylic acids is 1. The molecule has 3 aliphatic carbocycles. The molecule has 0 saturated heterocycles. The molecule has 0 aromatic rings. The van der Waals surface area contributed by atoms with E-state index in [1.165, 1.54) is 25.7 Å². The lowest BCUT2D eigenvalue weighted by Gasteiger charge is -2.46. The summed E-state index contributed by atoms with van der Waals surface area (Å²) in [6.45, 7) is 11.1. The predicted molar refractivity (Wildman–Crippen MR) is 75.6 cm³/mol. The minimum absolute atomic E-state index is 0.0996. The molecule has 5 atom stereocenters. The Balaban J connectivity index is 2.02. The quantitative estimate of drug-likeness (QED) is 0.664. The molecule has 19 heavy (non-hydrogen) atoms. The molecule has 3 fully saturated rings. The molecule has 3 rings (SSSR count). The third kappa shape index (κ3) is 1.52. The average Bonchev–Trinajstić information content (AvgIpc) is 2.65. The summed E-state index contributed by atoms with van der Waals surface area (Å²) in [5.41, 5.74) is 0.461. The molecule has 2 heteroatoms. The lowest BCUT2D eigenvalue weighted by molar-refractivity contribution is -0.172. The molecule has 108 valence electrons. The highest BCUT2D eigenvalue weighted by Gasteiger charge is 2.70. The van der Waals surface area contributed by atoms with Crippen LogP contribution in [0.1, 0.15) is 66.7 Å². The van der Waals surface area contributed by atoms with E-state index in [1.807, 2.05) is 0 Å². The topological polar surface area (TPSA) is 26.3 Å². The normalized spacial score (nSPS) is 50.9. The molecule has 0 aromatic heterocycles. The van der Waals surface area contributed by atoms with Gasteiger partial charge in [0, 0.05) is 12.3 Å². The number of fused-ring (bicyclic) bond motifs is 1. The van der Waals surface area contributed by atoms with Gasteiger partial charge in [-0.2, -0.15) is 0 Å². The van der Waals surface area contributed by atoms with E-state index in [2.05, 4.69) is 27.7 Å². The summed E-state index contributed by atoms with van der Waals surface area (Å²) in [5, 5.41) is 0. The summed E-state index contributed by atoms with van der Waals surface area (Å²) in [5.74, 6) is 2.27. The molecule has 0 aliphatic heterocycles. The van der Waals surface area contributed by atoms with Crippen molar-refractivity contribution >= 4 is 5.97 Å². The highest BCUT2D eigenvalue weighted by molar-refractivity contribution is 5.66. The van der Waals surface area contributed by atoms with E-state index in [0.29, 0.717) is 5.41 Å². The van der Waals surface area contributed by atoms with E-state index in [1.54, 1.807) is 6.92 Å². The van der Waals surface area contributed by atoms with E-state index in [-0.39, 0.29) is 17.0 Å². The zero-order chi connectivity index (χ0) is 14.1. The third-order valence-electron chi connectivity index (χ3n) is 7.17. The van der Waals surface area contributed by atoms with Crippen molar-refractivity contribution in [1.82, 2.24) is 0 Å². The maximum absolute atomic E-state index is 11.6. The maximum Gasteiger partial charge on any atom is 0.303 e. The van der Waals surface area contributed by atoms with Crippen LogP contribution in [-0.2, 0) is 9.53 Å². The van der Waals surface area contributed by atoms with Gasteiger partial charge >= 0.3 is 5.97 Å². The molecule has 2 nitrogen and oxygen atoms in total. The number of esters is 1. The molecule has 3 saturated carbocycles. The second-order valence-electron chi connectivity index (χ2n) is 8.22. The van der Waals surface area contributed by atoms with Gasteiger partial charge in [0.2, 0.25) is 0 Å². The van der Waals surface area contributed by atoms with Crippen LogP contribution in [-0.4, -0.2) is 11.6 Å². The largest absolute Gasteiger partial charge is 0.459 e. The Morgan fingerprint density at radius 2 is 1.84 bits per heavy atom. The van der Waals surface area contributed by atoms with Gasteiger partial charge in [-0.25, -0.2) is 0 Å². The molecule has 2 bridgehead atoms. The van der Waals surface area contributed by atoms with Crippen LogP contribution in [0.2, 0.25) is 0 Å². The summed E-state index contributed by atoms with van der Waals surface area (Å²) in [7, 11) is 0. The first kappa shape index (κ1) is 13.5. The van der Waals surface area contributed by atoms with Gasteiger partial charge in [-0.15, -0.1) is 0 Å². The zero-order valence-corrected chi connectivity index (χ0v) is 13.1. The van der Waals surface area contributed by atoms with Crippen LogP contribution in [0.4, 0.5) is 0 Å². The fourth-order valence-electron chi connectivity index (χ4n) is 6.30. The van der Waals surface area contributed by atoms with Crippen LogP contribution >= 0.6 is 0 Å². The molecular formula is C17H28O2. The van der Waals surface area contributed by atoms with E-state index in [9.17, 15) is 4.79 Å². The third-order valence-corrected chi connectivity index (χ3v) is 7.17. The highest BCUT2D eigenvalue weighted by atomic mass is 16.6. The Hall–Kier alpha value is -0.530. The van der Waals surface area contributed by atoms with Crippen LogP contribution in [0, 0.1) is 28.6 Å². The summed E-state index contributed by atoms with van der Waals surface area (Å²) in [6, 6.07) is 0. The van der Waals surface area contributed by atoms with Gasteiger partial charge in [0.25, 0.3) is 0 Å². The zero-order valence-electron chi connectivity index (χ0n) is 13.1. The maximum atomic E-state index is 11.6. The Bertz CT molecular complexity index is 413. The molecule has 0 heterocycles. The fraction of sp³-hybridized carbons (Fsp3) is 0.941. The van der Waals surface area contributed by atoms with E-state index < -0.39 is 0 Å². The lowest BCUT2D eigenvalue weighted by Crippen LogP contribution is -2.47. The predicted octanol–water partition coefficient (Wildman–Crippen LogP) is 4.18. The van der Waals surface area contributed by atoms with Crippen LogP contribution in [0.25, 0.3) is 0 Å². The van der Waals surface area contributed by atoms with Gasteiger partial charge in [0.1, 0.15) is 5.60 Å². The molecule has 0 unspecified atom stereocenters. The number of hydrogen-bond acceptors (Lipinski definition) is 2. The Morgan fingerprint density at radius 1 is 1.16 bits per heavy atom. The van der Waals surface area contributed by atoms with Gasteiger partial charge in [-0.1, -0.05) is 20.8 Å². The van der Waals surface area contributed by atoms with Crippen molar-refractivity contribution < 1.29 is 9.53 Å². The van der Waals surface area contributed by atoms with Gasteiger partial charge in [-0.3, -0.25) is 4.79 Å². The van der Waals surface area contributed by atoms with Crippen molar-refractivity contribution in [2.75, 3.05) is 0 Å². The molecule has 0 N–H and O–H groups in total. The second-order valence-corrected chi connectivity index (χ2v) is 8.22. The average molecular weight is 264 g/mol. The summed E-state index contributed by atoms with van der Waals surface area (Å²) >= 11 is 0. The molecular weight excluding hydrogens is 236 g/mol. The van der Waals surface area contributed by atoms with Gasteiger partial charge < -0.3 is 4.74 Å². The molecule has 0 radical (unpaired) electrons. The van der Waals surface area contributed by atoms with Crippen molar-refractivity contribution in [3.05, 3.63) is 0 Å². The minimum atomic E-state index is -0.213. The van der Waals surface area contributed by atoms with E-state index in [0.717, 1.165) is 24.2 Å². The van der Waals surface area contributed by atoms with E-state index >= 15 is 0 Å². The monoisotopic (exact) mass is 264 g/mol. The van der Waals surface area contributed by atoms with Crippen molar-refractivity contribution in [2.45, 2.75) is 72.3 Å². The first-order valence-corrected chi connectivity index (χ1v) is 7.92. The Morgan fingerprint density at radius 3 is 2.47 bits per heavy atom. The van der Waals surface area contributed by atoms with Crippen molar-refractivity contribution in [1.29, 1.82) is 0 Å². The van der Waals surface area contributed by atoms with Crippen molar-refractivity contribution in [3.63, 3.8) is 0 Å².